The Morgan fingerprint density at radius 3 is 2.12 bits per heavy atom. The predicted octanol–water partition coefficient (Wildman–Crippen LogP) is 5.81. The van der Waals surface area contributed by atoms with Crippen LogP contribution in [0.3, 0.4) is 0 Å². The van der Waals surface area contributed by atoms with E-state index < -0.39 is 41.2 Å². The molecule has 0 fully saturated rings. The van der Waals surface area contributed by atoms with Crippen molar-refractivity contribution < 1.29 is 31.1 Å². The number of hydrogen-bond acceptors (Lipinski definition) is 7. The Bertz CT molecular complexity index is 926. The second-order valence-corrected chi connectivity index (χ2v) is 10.0. The number of carbonyl (C=O) groups is 1. The lowest BCUT2D eigenvalue weighted by atomic mass is 10.1. The van der Waals surface area contributed by atoms with Crippen LogP contribution in [0.4, 0.5) is 5.69 Å². The summed E-state index contributed by atoms with van der Waals surface area (Å²) >= 11 is -1.56. The zero-order chi connectivity index (χ0) is 24.3. The van der Waals surface area contributed by atoms with Crippen molar-refractivity contribution >= 4 is 40.9 Å². The van der Waals surface area contributed by atoms with Crippen molar-refractivity contribution in [3.8, 4) is 11.5 Å². The minimum Gasteiger partial charge on any atom is -0.464 e. The highest BCUT2D eigenvalue weighted by Crippen LogP contribution is 2.45. The first kappa shape index (κ1) is 27.2. The quantitative estimate of drug-likeness (QED) is 0.0958. The van der Waals surface area contributed by atoms with E-state index in [0.29, 0.717) is 18.0 Å². The lowest BCUT2D eigenvalue weighted by molar-refractivity contribution is -0.146. The Balaban J connectivity index is 2.17. The van der Waals surface area contributed by atoms with Gasteiger partial charge in [-0.15, -0.1) is 0 Å². The molecule has 0 bridgehead atoms. The van der Waals surface area contributed by atoms with Crippen LogP contribution in [0.15, 0.2) is 54.6 Å². The number of esters is 1. The molecule has 1 N–H and O–H groups in total. The Morgan fingerprint density at radius 2 is 1.61 bits per heavy atom. The molecule has 2 aromatic rings. The van der Waals surface area contributed by atoms with E-state index in [4.69, 9.17) is 18.6 Å². The molecule has 33 heavy (non-hydrogen) atoms. The second kappa shape index (κ2) is 13.6. The van der Waals surface area contributed by atoms with Gasteiger partial charge in [0.05, 0.1) is 19.4 Å². The molecule has 0 amide bonds. The van der Waals surface area contributed by atoms with E-state index in [2.05, 4.69) is 5.09 Å². The SMILES string of the molecule is CCC(CC)COC(=O)[C@H](C)N[P@](=O)(Oc1ccccc1)Oc1ccc(N(OC)I=O)cc1. The van der Waals surface area contributed by atoms with Gasteiger partial charge in [-0.1, -0.05) is 44.9 Å². The van der Waals surface area contributed by atoms with Gasteiger partial charge in [0.25, 0.3) is 21.5 Å². The first-order valence-corrected chi connectivity index (χ1v) is 13.9. The molecule has 0 radical (unpaired) electrons. The molecule has 2 aromatic carbocycles. The summed E-state index contributed by atoms with van der Waals surface area (Å²) in [5, 5.41) is 2.67. The fourth-order valence-corrected chi connectivity index (χ4v) is 5.00. The lowest BCUT2D eigenvalue weighted by Gasteiger charge is -2.24. The molecule has 9 nitrogen and oxygen atoms in total. The average Bonchev–Trinajstić information content (AvgIpc) is 2.81. The van der Waals surface area contributed by atoms with Gasteiger partial charge in [0, 0.05) is 0 Å². The zero-order valence-electron chi connectivity index (χ0n) is 19.1. The standard InChI is InChI=1S/C22H30IN2O7P/c1-5-18(6-2)16-30-22(26)17(3)24-33(28,31-20-10-8-7-9-11-20)32-21-14-12-19(13-15-21)25(23-27)29-4/h7-15,17-18H,5-6,16H2,1-4H3,(H,24,28)/t17-,33-/m0/s1. The molecule has 0 aliphatic heterocycles. The number of para-hydroxylation sites is 1. The molecule has 0 saturated heterocycles. The average molecular weight is 592 g/mol. The van der Waals surface area contributed by atoms with Gasteiger partial charge < -0.3 is 13.8 Å². The summed E-state index contributed by atoms with van der Waals surface area (Å²) < 4.78 is 42.8. The minimum absolute atomic E-state index is 0.225. The first-order chi connectivity index (χ1) is 15.8. The number of hydrogen-bond donors (Lipinski definition) is 1. The van der Waals surface area contributed by atoms with E-state index in [1.807, 2.05) is 13.8 Å². The molecule has 182 valence electrons. The Morgan fingerprint density at radius 1 is 1.03 bits per heavy atom. The summed E-state index contributed by atoms with van der Waals surface area (Å²) in [6.07, 6.45) is 1.80. The number of rotatable bonds is 14. The van der Waals surface area contributed by atoms with Crippen LogP contribution in [0.1, 0.15) is 33.6 Å². The van der Waals surface area contributed by atoms with Crippen LogP contribution in [-0.2, 0) is 22.0 Å². The third kappa shape index (κ3) is 8.69. The normalized spacial score (nSPS) is 13.7. The Labute approximate surface area is 205 Å². The molecule has 0 saturated carbocycles. The van der Waals surface area contributed by atoms with Crippen molar-refractivity contribution in [3.05, 3.63) is 54.6 Å². The van der Waals surface area contributed by atoms with Crippen LogP contribution in [0.5, 0.6) is 11.5 Å². The highest BCUT2D eigenvalue weighted by molar-refractivity contribution is 14.1. The number of carbonyl (C=O) groups excluding carboxylic acids is 1. The molecular formula is C22H30IN2O7P. The first-order valence-electron chi connectivity index (χ1n) is 10.5. The van der Waals surface area contributed by atoms with Crippen LogP contribution in [-0.4, -0.2) is 25.7 Å². The van der Waals surface area contributed by atoms with Gasteiger partial charge in [-0.3, -0.25) is 9.63 Å². The minimum atomic E-state index is -4.04. The number of nitrogens with one attached hydrogen (secondary N) is 1. The van der Waals surface area contributed by atoms with Gasteiger partial charge in [-0.05, 0) is 49.2 Å². The van der Waals surface area contributed by atoms with Gasteiger partial charge in [0.1, 0.15) is 17.5 Å². The number of benzene rings is 2. The maximum Gasteiger partial charge on any atom is 0.513 e. The number of ether oxygens (including phenoxy) is 1. The fraction of sp³-hybridized carbons (Fsp3) is 0.409. The maximum absolute atomic E-state index is 13.6. The van der Waals surface area contributed by atoms with Crippen LogP contribution in [0, 0.1) is 5.92 Å². The third-order valence-electron chi connectivity index (χ3n) is 4.78. The van der Waals surface area contributed by atoms with E-state index in [9.17, 15) is 12.4 Å². The number of halogens is 1. The van der Waals surface area contributed by atoms with Gasteiger partial charge in [-0.2, -0.15) is 8.36 Å². The highest BCUT2D eigenvalue weighted by atomic mass is 127. The summed E-state index contributed by atoms with van der Waals surface area (Å²) in [7, 11) is -2.62. The molecule has 2 atom stereocenters. The van der Waals surface area contributed by atoms with Crippen molar-refractivity contribution in [3.63, 3.8) is 0 Å². The second-order valence-electron chi connectivity index (χ2n) is 7.15. The number of nitrogens with zero attached hydrogens (tertiary/aromatic N) is 1. The monoisotopic (exact) mass is 592 g/mol. The smallest absolute Gasteiger partial charge is 0.464 e. The summed E-state index contributed by atoms with van der Waals surface area (Å²) in [4.78, 5) is 17.5. The van der Waals surface area contributed by atoms with E-state index in [0.717, 1.165) is 12.8 Å². The Kier molecular flexibility index (Phi) is 11.3. The largest absolute Gasteiger partial charge is 0.513 e. The van der Waals surface area contributed by atoms with Crippen LogP contribution in [0.2, 0.25) is 0 Å². The lowest BCUT2D eigenvalue weighted by Crippen LogP contribution is -2.36. The molecule has 0 aliphatic rings. The highest BCUT2D eigenvalue weighted by Gasteiger charge is 2.34. The summed E-state index contributed by atoms with van der Waals surface area (Å²) in [5.74, 6) is 0.256. The van der Waals surface area contributed by atoms with Gasteiger partial charge in [-0.25, -0.2) is 7.63 Å². The van der Waals surface area contributed by atoms with Crippen LogP contribution < -0.4 is 17.4 Å². The van der Waals surface area contributed by atoms with Crippen molar-refractivity contribution in [1.29, 1.82) is 0 Å². The summed E-state index contributed by atoms with van der Waals surface area (Å²) in [6, 6.07) is 13.9. The van der Waals surface area contributed by atoms with E-state index in [1.165, 1.54) is 17.3 Å². The molecule has 2 rings (SSSR count). The van der Waals surface area contributed by atoms with Crippen molar-refractivity contribution in [2.24, 2.45) is 5.92 Å². The maximum atomic E-state index is 13.6. The fourth-order valence-electron chi connectivity index (χ4n) is 2.77. The molecule has 0 heterocycles. The number of anilines is 1. The molecule has 0 unspecified atom stereocenters. The molecular weight excluding hydrogens is 562 g/mol. The van der Waals surface area contributed by atoms with Gasteiger partial charge >= 0.3 is 13.7 Å². The molecule has 0 aromatic heterocycles. The van der Waals surface area contributed by atoms with E-state index in [1.54, 1.807) is 54.6 Å². The molecule has 11 heteroatoms. The summed E-state index contributed by atoms with van der Waals surface area (Å²) in [6.45, 7) is 5.91. The summed E-state index contributed by atoms with van der Waals surface area (Å²) in [5.41, 5.74) is 0.553. The van der Waals surface area contributed by atoms with Crippen LogP contribution in [0.25, 0.3) is 0 Å². The van der Waals surface area contributed by atoms with Gasteiger partial charge in [0.15, 0.2) is 0 Å². The predicted molar refractivity (Wildman–Crippen MR) is 134 cm³/mol. The van der Waals surface area contributed by atoms with Crippen molar-refractivity contribution in [1.82, 2.24) is 5.09 Å². The Hall–Kier alpha value is -2.01. The molecule has 0 spiro atoms. The van der Waals surface area contributed by atoms with Crippen molar-refractivity contribution in [2.75, 3.05) is 17.0 Å². The van der Waals surface area contributed by atoms with Crippen molar-refractivity contribution in [2.45, 2.75) is 39.7 Å². The van der Waals surface area contributed by atoms with E-state index >= 15 is 0 Å². The zero-order valence-corrected chi connectivity index (χ0v) is 22.2. The third-order valence-corrected chi connectivity index (χ3v) is 7.69. The van der Waals surface area contributed by atoms with E-state index in [-0.39, 0.29) is 11.7 Å². The topological polar surface area (TPSA) is 103 Å². The van der Waals surface area contributed by atoms with Crippen LogP contribution >= 0.6 is 29.2 Å². The van der Waals surface area contributed by atoms with Gasteiger partial charge in [0.2, 0.25) is 0 Å². The molecule has 0 aliphatic carbocycles.